The van der Waals surface area contributed by atoms with Gasteiger partial charge in [0.1, 0.15) is 0 Å². The summed E-state index contributed by atoms with van der Waals surface area (Å²) in [6.07, 6.45) is 0. The van der Waals surface area contributed by atoms with Crippen LogP contribution in [0.5, 0.6) is 0 Å². The number of amides is 1. The fourth-order valence-corrected chi connectivity index (χ4v) is 0.352. The quantitative estimate of drug-likeness (QED) is 0.546. The average molecular weight is 130 g/mol. The number of hydrogen-bond donors (Lipinski definition) is 2. The van der Waals surface area contributed by atoms with E-state index < -0.39 is 0 Å². The molecule has 0 saturated heterocycles. The van der Waals surface area contributed by atoms with Crippen molar-refractivity contribution >= 4 is 5.91 Å². The SMILES string of the molecule is CC(C)(C)NCC(N)=O. The Bertz CT molecular complexity index is 104. The van der Waals surface area contributed by atoms with Gasteiger partial charge in [-0.2, -0.15) is 0 Å². The van der Waals surface area contributed by atoms with E-state index in [4.69, 9.17) is 5.73 Å². The van der Waals surface area contributed by atoms with Crippen molar-refractivity contribution in [2.45, 2.75) is 26.3 Å². The molecule has 9 heavy (non-hydrogen) atoms. The highest BCUT2D eigenvalue weighted by Crippen LogP contribution is 1.95. The van der Waals surface area contributed by atoms with Crippen molar-refractivity contribution in [1.82, 2.24) is 5.32 Å². The number of nitrogens with two attached hydrogens (primary N) is 1. The van der Waals surface area contributed by atoms with Crippen LogP contribution in [0, 0.1) is 0 Å². The lowest BCUT2D eigenvalue weighted by Crippen LogP contribution is -2.41. The van der Waals surface area contributed by atoms with Crippen LogP contribution in [0.2, 0.25) is 0 Å². The summed E-state index contributed by atoms with van der Waals surface area (Å²) in [7, 11) is 0. The molecule has 0 rings (SSSR count). The minimum absolute atomic E-state index is 0.0188. The van der Waals surface area contributed by atoms with Crippen LogP contribution >= 0.6 is 0 Å². The summed E-state index contributed by atoms with van der Waals surface area (Å²) in [5.74, 6) is -0.315. The zero-order chi connectivity index (χ0) is 7.49. The molecule has 54 valence electrons. The van der Waals surface area contributed by atoms with Crippen LogP contribution in [0.1, 0.15) is 20.8 Å². The van der Waals surface area contributed by atoms with E-state index in [1.54, 1.807) is 0 Å². The van der Waals surface area contributed by atoms with Crippen LogP contribution in [-0.4, -0.2) is 18.0 Å². The Labute approximate surface area is 55.6 Å². The van der Waals surface area contributed by atoms with Crippen LogP contribution in [-0.2, 0) is 4.79 Å². The second-order valence-electron chi connectivity index (χ2n) is 3.07. The molecule has 0 aromatic heterocycles. The van der Waals surface area contributed by atoms with Crippen molar-refractivity contribution in [3.05, 3.63) is 0 Å². The van der Waals surface area contributed by atoms with Crippen LogP contribution in [0.3, 0.4) is 0 Å². The molecule has 0 unspecified atom stereocenters. The second-order valence-corrected chi connectivity index (χ2v) is 3.07. The number of hydrogen-bond acceptors (Lipinski definition) is 2. The number of rotatable bonds is 2. The molecule has 3 heteroatoms. The Kier molecular flexibility index (Phi) is 2.65. The summed E-state index contributed by atoms with van der Waals surface area (Å²) in [6, 6.07) is 0. The molecule has 0 atom stereocenters. The first-order valence-corrected chi connectivity index (χ1v) is 2.95. The van der Waals surface area contributed by atoms with E-state index in [-0.39, 0.29) is 18.0 Å². The summed E-state index contributed by atoms with van der Waals surface area (Å²) in [4.78, 5) is 10.2. The highest BCUT2D eigenvalue weighted by Gasteiger charge is 2.08. The Hall–Kier alpha value is -0.570. The third-order valence-electron chi connectivity index (χ3n) is 0.793. The minimum atomic E-state index is -0.315. The third-order valence-corrected chi connectivity index (χ3v) is 0.793. The molecule has 0 spiro atoms. The first kappa shape index (κ1) is 8.43. The summed E-state index contributed by atoms with van der Waals surface area (Å²) >= 11 is 0. The molecule has 0 aromatic rings. The van der Waals surface area contributed by atoms with E-state index in [1.165, 1.54) is 0 Å². The lowest BCUT2D eigenvalue weighted by Gasteiger charge is -2.18. The summed E-state index contributed by atoms with van der Waals surface area (Å²) < 4.78 is 0. The van der Waals surface area contributed by atoms with Gasteiger partial charge in [0.25, 0.3) is 0 Å². The fraction of sp³-hybridized carbons (Fsp3) is 0.833. The molecular weight excluding hydrogens is 116 g/mol. The Morgan fingerprint density at radius 3 is 2.11 bits per heavy atom. The molecule has 0 aromatic carbocycles. The summed E-state index contributed by atoms with van der Waals surface area (Å²) in [5, 5.41) is 2.95. The molecule has 0 saturated carbocycles. The van der Waals surface area contributed by atoms with Crippen molar-refractivity contribution in [3.8, 4) is 0 Å². The Morgan fingerprint density at radius 1 is 1.56 bits per heavy atom. The zero-order valence-electron chi connectivity index (χ0n) is 6.19. The van der Waals surface area contributed by atoms with Gasteiger partial charge in [-0.1, -0.05) is 0 Å². The second kappa shape index (κ2) is 2.82. The average Bonchev–Trinajstić information content (AvgIpc) is 1.59. The predicted molar refractivity (Wildman–Crippen MR) is 37.0 cm³/mol. The summed E-state index contributed by atoms with van der Waals surface area (Å²) in [5.41, 5.74) is 4.88. The van der Waals surface area contributed by atoms with Crippen molar-refractivity contribution in [1.29, 1.82) is 0 Å². The van der Waals surface area contributed by atoms with Gasteiger partial charge < -0.3 is 11.1 Å². The highest BCUT2D eigenvalue weighted by molar-refractivity contribution is 5.75. The van der Waals surface area contributed by atoms with Crippen molar-refractivity contribution in [2.75, 3.05) is 6.54 Å². The van der Waals surface area contributed by atoms with E-state index >= 15 is 0 Å². The topological polar surface area (TPSA) is 55.1 Å². The van der Waals surface area contributed by atoms with Gasteiger partial charge in [0.2, 0.25) is 5.91 Å². The van der Waals surface area contributed by atoms with Crippen molar-refractivity contribution in [3.63, 3.8) is 0 Å². The molecule has 3 N–H and O–H groups in total. The van der Waals surface area contributed by atoms with E-state index in [0.29, 0.717) is 0 Å². The molecule has 0 aliphatic carbocycles. The van der Waals surface area contributed by atoms with Gasteiger partial charge >= 0.3 is 0 Å². The van der Waals surface area contributed by atoms with E-state index in [9.17, 15) is 4.79 Å². The maximum atomic E-state index is 10.2. The smallest absolute Gasteiger partial charge is 0.231 e. The van der Waals surface area contributed by atoms with Crippen molar-refractivity contribution < 1.29 is 4.79 Å². The summed E-state index contributed by atoms with van der Waals surface area (Å²) in [6.45, 7) is 6.20. The molecule has 3 nitrogen and oxygen atoms in total. The molecule has 0 aliphatic rings. The monoisotopic (exact) mass is 130 g/mol. The molecular formula is C6H14N2O. The molecule has 0 fully saturated rings. The first-order valence-electron chi connectivity index (χ1n) is 2.95. The van der Waals surface area contributed by atoms with E-state index in [2.05, 4.69) is 5.32 Å². The molecule has 1 amide bonds. The van der Waals surface area contributed by atoms with Gasteiger partial charge in [-0.05, 0) is 20.8 Å². The lowest BCUT2D eigenvalue weighted by atomic mass is 10.1. The van der Waals surface area contributed by atoms with Crippen LogP contribution < -0.4 is 11.1 Å². The van der Waals surface area contributed by atoms with Gasteiger partial charge in [0.15, 0.2) is 0 Å². The maximum Gasteiger partial charge on any atom is 0.231 e. The third kappa shape index (κ3) is 7.43. The molecule has 0 radical (unpaired) electrons. The van der Waals surface area contributed by atoms with Crippen LogP contribution in [0.15, 0.2) is 0 Å². The van der Waals surface area contributed by atoms with Gasteiger partial charge in [-0.15, -0.1) is 0 Å². The zero-order valence-corrected chi connectivity index (χ0v) is 6.19. The van der Waals surface area contributed by atoms with Crippen LogP contribution in [0.25, 0.3) is 0 Å². The number of primary amides is 1. The number of nitrogens with one attached hydrogen (secondary N) is 1. The van der Waals surface area contributed by atoms with Gasteiger partial charge in [-0.3, -0.25) is 4.79 Å². The van der Waals surface area contributed by atoms with Gasteiger partial charge in [0, 0.05) is 5.54 Å². The van der Waals surface area contributed by atoms with Gasteiger partial charge in [-0.25, -0.2) is 0 Å². The fourth-order valence-electron chi connectivity index (χ4n) is 0.352. The minimum Gasteiger partial charge on any atom is -0.369 e. The Morgan fingerprint density at radius 2 is 2.00 bits per heavy atom. The first-order chi connectivity index (χ1) is 3.92. The van der Waals surface area contributed by atoms with Gasteiger partial charge in [0.05, 0.1) is 6.54 Å². The van der Waals surface area contributed by atoms with E-state index in [0.717, 1.165) is 0 Å². The standard InChI is InChI=1S/C6H14N2O/c1-6(2,3)8-4-5(7)9/h8H,4H2,1-3H3,(H2,7,9). The highest BCUT2D eigenvalue weighted by atomic mass is 16.1. The molecule has 0 heterocycles. The lowest BCUT2D eigenvalue weighted by molar-refractivity contribution is -0.117. The largest absolute Gasteiger partial charge is 0.369 e. The number of carbonyl (C=O) groups is 1. The van der Waals surface area contributed by atoms with Crippen molar-refractivity contribution in [2.24, 2.45) is 5.73 Å². The normalized spacial score (nSPS) is 11.4. The van der Waals surface area contributed by atoms with E-state index in [1.807, 2.05) is 20.8 Å². The predicted octanol–water partition coefficient (Wildman–Crippen LogP) is -0.140. The maximum absolute atomic E-state index is 10.2. The molecule has 0 aliphatic heterocycles. The van der Waals surface area contributed by atoms with Crippen LogP contribution in [0.4, 0.5) is 0 Å². The molecule has 0 bridgehead atoms. The number of carbonyl (C=O) groups excluding carboxylic acids is 1. The Balaban J connectivity index is 3.39.